The van der Waals surface area contributed by atoms with Gasteiger partial charge in [0.25, 0.3) is 0 Å². The molecule has 0 aromatic carbocycles. The SMILES string of the molecule is CC(C)C[C@@H]1NCCN([C@@H](CC(C)C)C(=O)N2CCC3(CC2)CC(N(C)C)CCO3)C1=O. The molecule has 3 saturated heterocycles. The molecule has 3 heterocycles. The molecule has 2 amide bonds. The highest BCUT2D eigenvalue weighted by atomic mass is 16.5. The summed E-state index contributed by atoms with van der Waals surface area (Å²) in [5, 5.41) is 3.37. The third-order valence-corrected chi connectivity index (χ3v) is 7.57. The van der Waals surface area contributed by atoms with Gasteiger partial charge in [0.2, 0.25) is 11.8 Å². The second-order valence-electron chi connectivity index (χ2n) is 11.3. The molecule has 3 aliphatic rings. The van der Waals surface area contributed by atoms with Gasteiger partial charge in [-0.3, -0.25) is 9.59 Å². The van der Waals surface area contributed by atoms with E-state index in [2.05, 4.69) is 52.0 Å². The van der Waals surface area contributed by atoms with Crippen LogP contribution < -0.4 is 5.32 Å². The van der Waals surface area contributed by atoms with Crippen LogP contribution in [0, 0.1) is 11.8 Å². The second kappa shape index (κ2) is 10.8. The molecule has 3 aliphatic heterocycles. The maximum absolute atomic E-state index is 13.7. The summed E-state index contributed by atoms with van der Waals surface area (Å²) in [6, 6.07) is 0.0283. The van der Waals surface area contributed by atoms with E-state index in [-0.39, 0.29) is 29.5 Å². The zero-order valence-electron chi connectivity index (χ0n) is 21.2. The normalized spacial score (nSPS) is 27.6. The molecule has 3 atom stereocenters. The Morgan fingerprint density at radius 3 is 2.44 bits per heavy atom. The summed E-state index contributed by atoms with van der Waals surface area (Å²) < 4.78 is 6.29. The largest absolute Gasteiger partial charge is 0.375 e. The third-order valence-electron chi connectivity index (χ3n) is 7.57. The molecule has 1 unspecified atom stereocenters. The Labute approximate surface area is 195 Å². The van der Waals surface area contributed by atoms with Crippen LogP contribution in [0.2, 0.25) is 0 Å². The minimum atomic E-state index is -0.352. The van der Waals surface area contributed by atoms with Crippen LogP contribution in [0.4, 0.5) is 0 Å². The van der Waals surface area contributed by atoms with E-state index in [1.165, 1.54) is 0 Å². The van der Waals surface area contributed by atoms with Gasteiger partial charge in [-0.05, 0) is 64.5 Å². The summed E-state index contributed by atoms with van der Waals surface area (Å²) in [7, 11) is 4.30. The van der Waals surface area contributed by atoms with Crippen LogP contribution in [0.1, 0.15) is 66.2 Å². The quantitative estimate of drug-likeness (QED) is 0.645. The number of carbonyl (C=O) groups excluding carboxylic acids is 2. The Morgan fingerprint density at radius 2 is 1.84 bits per heavy atom. The molecular formula is C25H46N4O3. The molecule has 0 saturated carbocycles. The van der Waals surface area contributed by atoms with Crippen molar-refractivity contribution in [2.45, 2.75) is 89.9 Å². The lowest BCUT2D eigenvalue weighted by Gasteiger charge is -2.48. The molecule has 7 heteroatoms. The van der Waals surface area contributed by atoms with Gasteiger partial charge in [-0.25, -0.2) is 0 Å². The van der Waals surface area contributed by atoms with Gasteiger partial charge in [0.15, 0.2) is 0 Å². The highest BCUT2D eigenvalue weighted by Gasteiger charge is 2.44. The maximum Gasteiger partial charge on any atom is 0.245 e. The van der Waals surface area contributed by atoms with E-state index in [9.17, 15) is 9.59 Å². The standard InChI is InChI=1S/C25H46N4O3/c1-18(2)15-21-23(30)29(13-10-26-21)22(16-19(3)4)24(31)28-11-8-25(9-12-28)17-20(27(5)6)7-14-32-25/h18-22,26H,7-17H2,1-6H3/t20?,21-,22-/m0/s1. The minimum absolute atomic E-state index is 0.0925. The summed E-state index contributed by atoms with van der Waals surface area (Å²) in [4.78, 5) is 33.2. The highest BCUT2D eigenvalue weighted by molar-refractivity contribution is 5.90. The summed E-state index contributed by atoms with van der Waals surface area (Å²) >= 11 is 0. The lowest BCUT2D eigenvalue weighted by Crippen LogP contribution is -2.63. The van der Waals surface area contributed by atoms with Gasteiger partial charge < -0.3 is 24.8 Å². The molecule has 1 N–H and O–H groups in total. The minimum Gasteiger partial charge on any atom is -0.375 e. The predicted octanol–water partition coefficient (Wildman–Crippen LogP) is 2.35. The second-order valence-corrected chi connectivity index (χ2v) is 11.3. The lowest BCUT2D eigenvalue weighted by molar-refractivity contribution is -0.157. The van der Waals surface area contributed by atoms with Gasteiger partial charge in [-0.2, -0.15) is 0 Å². The van der Waals surface area contributed by atoms with Crippen molar-refractivity contribution in [2.24, 2.45) is 11.8 Å². The molecule has 0 bridgehead atoms. The number of nitrogens with zero attached hydrogens (tertiary/aromatic N) is 3. The average molecular weight is 451 g/mol. The topological polar surface area (TPSA) is 65.1 Å². The Balaban J connectivity index is 1.67. The number of hydrogen-bond acceptors (Lipinski definition) is 5. The fourth-order valence-electron chi connectivity index (χ4n) is 5.67. The van der Waals surface area contributed by atoms with Crippen LogP contribution in [0.15, 0.2) is 0 Å². The summed E-state index contributed by atoms with van der Waals surface area (Å²) in [5.41, 5.74) is -0.0925. The van der Waals surface area contributed by atoms with Crippen molar-refractivity contribution in [3.63, 3.8) is 0 Å². The maximum atomic E-state index is 13.7. The van der Waals surface area contributed by atoms with Gasteiger partial charge in [-0.15, -0.1) is 0 Å². The molecule has 0 aliphatic carbocycles. The number of likely N-dealkylation sites (tertiary alicyclic amines) is 1. The van der Waals surface area contributed by atoms with E-state index < -0.39 is 0 Å². The monoisotopic (exact) mass is 450 g/mol. The molecule has 7 nitrogen and oxygen atoms in total. The van der Waals surface area contributed by atoms with Gasteiger partial charge >= 0.3 is 0 Å². The number of piperidine rings is 1. The lowest BCUT2D eigenvalue weighted by atomic mass is 9.81. The number of hydrogen-bond donors (Lipinski definition) is 1. The van der Waals surface area contributed by atoms with Crippen molar-refractivity contribution in [1.29, 1.82) is 0 Å². The van der Waals surface area contributed by atoms with Gasteiger partial charge in [0.05, 0.1) is 11.6 Å². The molecule has 3 rings (SSSR count). The van der Waals surface area contributed by atoms with E-state index in [1.807, 2.05) is 9.80 Å². The number of carbonyl (C=O) groups is 2. The van der Waals surface area contributed by atoms with Crippen molar-refractivity contribution >= 4 is 11.8 Å². The van der Waals surface area contributed by atoms with Crippen LogP contribution in [0.25, 0.3) is 0 Å². The molecule has 184 valence electrons. The average Bonchev–Trinajstić information content (AvgIpc) is 2.73. The Bertz CT molecular complexity index is 643. The van der Waals surface area contributed by atoms with E-state index >= 15 is 0 Å². The van der Waals surface area contributed by atoms with Crippen LogP contribution in [0.5, 0.6) is 0 Å². The number of ether oxygens (including phenoxy) is 1. The molecular weight excluding hydrogens is 404 g/mol. The Kier molecular flexibility index (Phi) is 8.61. The fourth-order valence-corrected chi connectivity index (χ4v) is 5.67. The molecule has 1 spiro atoms. The Hall–Kier alpha value is -1.18. The van der Waals surface area contributed by atoms with Gasteiger partial charge in [0.1, 0.15) is 6.04 Å². The first-order valence-corrected chi connectivity index (χ1v) is 12.7. The summed E-state index contributed by atoms with van der Waals surface area (Å²) in [6.45, 7) is 12.2. The molecule has 0 aromatic rings. The van der Waals surface area contributed by atoms with E-state index in [0.717, 1.165) is 64.8 Å². The van der Waals surface area contributed by atoms with Crippen LogP contribution >= 0.6 is 0 Å². The van der Waals surface area contributed by atoms with Gasteiger partial charge in [0, 0.05) is 38.8 Å². The predicted molar refractivity (Wildman–Crippen MR) is 127 cm³/mol. The first kappa shape index (κ1) is 25.4. The van der Waals surface area contributed by atoms with Crippen molar-refractivity contribution in [1.82, 2.24) is 20.0 Å². The third kappa shape index (κ3) is 6.03. The van der Waals surface area contributed by atoms with Crippen LogP contribution in [0.3, 0.4) is 0 Å². The number of nitrogens with one attached hydrogen (secondary N) is 1. The van der Waals surface area contributed by atoms with E-state index in [1.54, 1.807) is 0 Å². The van der Waals surface area contributed by atoms with Crippen LogP contribution in [-0.4, -0.2) is 97.1 Å². The van der Waals surface area contributed by atoms with Crippen molar-refractivity contribution < 1.29 is 14.3 Å². The number of piperazine rings is 1. The van der Waals surface area contributed by atoms with Crippen LogP contribution in [-0.2, 0) is 14.3 Å². The number of rotatable bonds is 7. The highest BCUT2D eigenvalue weighted by Crippen LogP contribution is 2.36. The van der Waals surface area contributed by atoms with Crippen molar-refractivity contribution in [2.75, 3.05) is 46.9 Å². The zero-order valence-corrected chi connectivity index (χ0v) is 21.2. The molecule has 0 aromatic heterocycles. The van der Waals surface area contributed by atoms with Gasteiger partial charge in [-0.1, -0.05) is 27.7 Å². The smallest absolute Gasteiger partial charge is 0.245 e. The first-order valence-electron chi connectivity index (χ1n) is 12.7. The molecule has 0 radical (unpaired) electrons. The Morgan fingerprint density at radius 1 is 1.16 bits per heavy atom. The fraction of sp³-hybridized carbons (Fsp3) is 0.920. The zero-order chi connectivity index (χ0) is 23.5. The van der Waals surface area contributed by atoms with E-state index in [0.29, 0.717) is 24.4 Å². The van der Waals surface area contributed by atoms with Crippen molar-refractivity contribution in [3.05, 3.63) is 0 Å². The van der Waals surface area contributed by atoms with Crippen molar-refractivity contribution in [3.8, 4) is 0 Å². The van der Waals surface area contributed by atoms with E-state index in [4.69, 9.17) is 4.74 Å². The first-order chi connectivity index (χ1) is 15.1. The molecule has 32 heavy (non-hydrogen) atoms. The summed E-state index contributed by atoms with van der Waals surface area (Å²) in [5.74, 6) is 1.03. The molecule has 3 fully saturated rings. The number of amides is 2. The summed E-state index contributed by atoms with van der Waals surface area (Å²) in [6.07, 6.45) is 5.45.